The maximum absolute atomic E-state index is 10.2. The van der Waals surface area contributed by atoms with Gasteiger partial charge < -0.3 is 5.11 Å². The van der Waals surface area contributed by atoms with Crippen LogP contribution >= 0.6 is 33.9 Å². The number of benzene rings is 1. The summed E-state index contributed by atoms with van der Waals surface area (Å²) < 4.78 is 1.21. The average Bonchev–Trinajstić information content (AvgIpc) is 2.75. The van der Waals surface area contributed by atoms with Crippen LogP contribution in [0.3, 0.4) is 0 Å². The number of rotatable bonds is 3. The Morgan fingerprint density at radius 1 is 1.31 bits per heavy atom. The maximum Gasteiger partial charge on any atom is 0.105 e. The second-order valence-corrected chi connectivity index (χ2v) is 6.49. The van der Waals surface area contributed by atoms with Crippen molar-refractivity contribution in [1.29, 1.82) is 0 Å². The molecule has 0 radical (unpaired) electrons. The van der Waals surface area contributed by atoms with Gasteiger partial charge in [-0.1, -0.05) is 31.2 Å². The first-order valence-corrected chi connectivity index (χ1v) is 7.17. The first kappa shape index (κ1) is 12.1. The molecule has 1 aromatic carbocycles. The number of halogens is 1. The summed E-state index contributed by atoms with van der Waals surface area (Å²) in [5, 5.41) is 12.2. The summed E-state index contributed by atoms with van der Waals surface area (Å²) in [5.41, 5.74) is 3.23. The minimum Gasteiger partial charge on any atom is -0.384 e. The molecule has 0 saturated carbocycles. The summed E-state index contributed by atoms with van der Waals surface area (Å²) in [6.07, 6.45) is 0.508. The van der Waals surface area contributed by atoms with Crippen LogP contribution in [0, 0.1) is 2.88 Å². The van der Waals surface area contributed by atoms with E-state index in [1.165, 1.54) is 8.45 Å². The van der Waals surface area contributed by atoms with Gasteiger partial charge in [0.25, 0.3) is 0 Å². The molecule has 0 amide bonds. The van der Waals surface area contributed by atoms with E-state index in [0.29, 0.717) is 0 Å². The molecule has 16 heavy (non-hydrogen) atoms. The van der Waals surface area contributed by atoms with Crippen molar-refractivity contribution in [3.05, 3.63) is 55.3 Å². The second-order valence-electron chi connectivity index (χ2n) is 3.69. The lowest BCUT2D eigenvalue weighted by Gasteiger charge is -2.10. The van der Waals surface area contributed by atoms with E-state index < -0.39 is 6.10 Å². The average molecular weight is 344 g/mol. The smallest absolute Gasteiger partial charge is 0.105 e. The van der Waals surface area contributed by atoms with Crippen LogP contribution < -0.4 is 0 Å². The molecule has 0 spiro atoms. The Labute approximate surface area is 113 Å². The normalized spacial score (nSPS) is 12.7. The first-order chi connectivity index (χ1) is 7.70. The molecule has 0 saturated heterocycles. The van der Waals surface area contributed by atoms with E-state index in [1.807, 2.05) is 23.6 Å². The summed E-state index contributed by atoms with van der Waals surface area (Å²) in [7, 11) is 0. The molecule has 3 heteroatoms. The molecule has 2 aromatic rings. The van der Waals surface area contributed by atoms with Crippen molar-refractivity contribution >= 4 is 33.9 Å². The fraction of sp³-hybridized carbons (Fsp3) is 0.231. The molecular weight excluding hydrogens is 331 g/mol. The Balaban J connectivity index is 2.29. The molecule has 1 nitrogen and oxygen atoms in total. The highest BCUT2D eigenvalue weighted by atomic mass is 127. The third-order valence-corrected chi connectivity index (χ3v) is 4.39. The minimum atomic E-state index is -0.494. The van der Waals surface area contributed by atoms with Gasteiger partial charge >= 0.3 is 0 Å². The molecule has 0 aliphatic carbocycles. The summed E-state index contributed by atoms with van der Waals surface area (Å²) in [6.45, 7) is 2.12. The van der Waals surface area contributed by atoms with Gasteiger partial charge in [-0.15, -0.1) is 11.3 Å². The zero-order valence-electron chi connectivity index (χ0n) is 8.98. The lowest BCUT2D eigenvalue weighted by molar-refractivity contribution is 0.220. The third kappa shape index (κ3) is 2.64. The molecule has 0 bridgehead atoms. The van der Waals surface area contributed by atoms with Gasteiger partial charge in [0.05, 0.1) is 2.88 Å². The van der Waals surface area contributed by atoms with Crippen molar-refractivity contribution in [3.63, 3.8) is 0 Å². The van der Waals surface area contributed by atoms with E-state index in [9.17, 15) is 5.11 Å². The molecule has 1 heterocycles. The van der Waals surface area contributed by atoms with Crippen LogP contribution in [0.1, 0.15) is 29.7 Å². The van der Waals surface area contributed by atoms with Crippen LogP contribution in [0.4, 0.5) is 0 Å². The SMILES string of the molecule is CCc1cccc(C(O)c2csc(I)c2)c1. The van der Waals surface area contributed by atoms with Gasteiger partial charge in [-0.25, -0.2) is 0 Å². The lowest BCUT2D eigenvalue weighted by atomic mass is 10.0. The Morgan fingerprint density at radius 2 is 2.12 bits per heavy atom. The number of aliphatic hydroxyl groups is 1. The van der Waals surface area contributed by atoms with Gasteiger partial charge in [-0.3, -0.25) is 0 Å². The first-order valence-electron chi connectivity index (χ1n) is 5.21. The second kappa shape index (κ2) is 5.29. The van der Waals surface area contributed by atoms with E-state index in [1.54, 1.807) is 11.3 Å². The Hall–Kier alpha value is -0.390. The Kier molecular flexibility index (Phi) is 4.00. The molecular formula is C13H13IOS. The largest absolute Gasteiger partial charge is 0.384 e. The van der Waals surface area contributed by atoms with Crippen LogP contribution in [0.2, 0.25) is 0 Å². The van der Waals surface area contributed by atoms with Gasteiger partial charge in [0.1, 0.15) is 6.10 Å². The summed E-state index contributed by atoms with van der Waals surface area (Å²) in [5.74, 6) is 0. The third-order valence-electron chi connectivity index (χ3n) is 2.58. The fourth-order valence-corrected chi connectivity index (χ4v) is 3.03. The van der Waals surface area contributed by atoms with Crippen molar-refractivity contribution in [2.45, 2.75) is 19.4 Å². The molecule has 2 rings (SSSR count). The maximum atomic E-state index is 10.2. The minimum absolute atomic E-state index is 0.494. The number of aryl methyl sites for hydroxylation is 1. The highest BCUT2D eigenvalue weighted by Gasteiger charge is 2.12. The number of hydrogen-bond donors (Lipinski definition) is 1. The van der Waals surface area contributed by atoms with E-state index in [0.717, 1.165) is 17.5 Å². The summed E-state index contributed by atoms with van der Waals surface area (Å²) in [4.78, 5) is 0. The Bertz CT molecular complexity index is 478. The van der Waals surface area contributed by atoms with Crippen molar-refractivity contribution in [2.24, 2.45) is 0 Å². The highest BCUT2D eigenvalue weighted by Crippen LogP contribution is 2.27. The molecule has 0 aliphatic rings. The predicted molar refractivity (Wildman–Crippen MR) is 76.9 cm³/mol. The number of thiophene rings is 1. The fourth-order valence-electron chi connectivity index (χ4n) is 1.64. The van der Waals surface area contributed by atoms with E-state index >= 15 is 0 Å². The van der Waals surface area contributed by atoms with Gasteiger partial charge in [0, 0.05) is 0 Å². The predicted octanol–water partition coefficient (Wildman–Crippen LogP) is 4.00. The molecule has 84 valence electrons. The van der Waals surface area contributed by atoms with E-state index in [-0.39, 0.29) is 0 Å². The van der Waals surface area contributed by atoms with Crippen molar-refractivity contribution in [2.75, 3.05) is 0 Å². The quantitative estimate of drug-likeness (QED) is 0.835. The zero-order valence-corrected chi connectivity index (χ0v) is 12.0. The van der Waals surface area contributed by atoms with Crippen LogP contribution in [-0.2, 0) is 6.42 Å². The highest BCUT2D eigenvalue weighted by molar-refractivity contribution is 14.1. The number of aliphatic hydroxyl groups excluding tert-OH is 1. The van der Waals surface area contributed by atoms with Gasteiger partial charge in [0.15, 0.2) is 0 Å². The number of hydrogen-bond acceptors (Lipinski definition) is 2. The monoisotopic (exact) mass is 344 g/mol. The molecule has 0 fully saturated rings. The van der Waals surface area contributed by atoms with Crippen molar-refractivity contribution < 1.29 is 5.11 Å². The van der Waals surface area contributed by atoms with Crippen LogP contribution in [-0.4, -0.2) is 5.11 Å². The zero-order chi connectivity index (χ0) is 11.5. The molecule has 0 aliphatic heterocycles. The molecule has 1 unspecified atom stereocenters. The van der Waals surface area contributed by atoms with Crippen LogP contribution in [0.5, 0.6) is 0 Å². The molecule has 1 atom stereocenters. The topological polar surface area (TPSA) is 20.2 Å². The van der Waals surface area contributed by atoms with Gasteiger partial charge in [-0.2, -0.15) is 0 Å². The van der Waals surface area contributed by atoms with Crippen LogP contribution in [0.25, 0.3) is 0 Å². The van der Waals surface area contributed by atoms with Crippen LogP contribution in [0.15, 0.2) is 35.7 Å². The Morgan fingerprint density at radius 3 is 2.75 bits per heavy atom. The van der Waals surface area contributed by atoms with E-state index in [2.05, 4.69) is 41.6 Å². The van der Waals surface area contributed by atoms with Gasteiger partial charge in [-0.05, 0) is 57.1 Å². The standard InChI is InChI=1S/C13H13IOS/c1-2-9-4-3-5-10(6-9)13(15)11-7-12(14)16-8-11/h3-8,13,15H,2H2,1H3. The summed E-state index contributed by atoms with van der Waals surface area (Å²) >= 11 is 3.94. The lowest BCUT2D eigenvalue weighted by Crippen LogP contribution is -1.98. The molecule has 1 aromatic heterocycles. The van der Waals surface area contributed by atoms with Crippen molar-refractivity contribution in [1.82, 2.24) is 0 Å². The van der Waals surface area contributed by atoms with E-state index in [4.69, 9.17) is 0 Å². The van der Waals surface area contributed by atoms with Gasteiger partial charge in [0.2, 0.25) is 0 Å². The van der Waals surface area contributed by atoms with Crippen molar-refractivity contribution in [3.8, 4) is 0 Å². The summed E-state index contributed by atoms with van der Waals surface area (Å²) in [6, 6.07) is 10.2. The molecule has 1 N–H and O–H groups in total.